The van der Waals surface area contributed by atoms with E-state index in [1.165, 1.54) is 22.0 Å². The summed E-state index contributed by atoms with van der Waals surface area (Å²) in [6, 6.07) is 23.8. The van der Waals surface area contributed by atoms with Crippen molar-refractivity contribution in [2.45, 2.75) is 50.9 Å². The number of aromatic nitrogens is 1. The Morgan fingerprint density at radius 3 is 2.46 bits per heavy atom. The lowest BCUT2D eigenvalue weighted by atomic mass is 9.82. The van der Waals surface area contributed by atoms with E-state index in [-0.39, 0.29) is 37.0 Å². The van der Waals surface area contributed by atoms with E-state index in [0.29, 0.717) is 24.3 Å². The monoisotopic (exact) mass is 567 g/mol. The van der Waals surface area contributed by atoms with Crippen LogP contribution in [0.25, 0.3) is 10.9 Å². The van der Waals surface area contributed by atoms with Crippen LogP contribution in [0, 0.1) is 12.8 Å². The lowest BCUT2D eigenvalue weighted by Crippen LogP contribution is -2.43. The Morgan fingerprint density at radius 2 is 1.72 bits per heavy atom. The molecule has 0 bridgehead atoms. The molecule has 5 nitrogen and oxygen atoms in total. The van der Waals surface area contributed by atoms with E-state index < -0.39 is 0 Å². The number of nitrogens with zero attached hydrogens (tertiary/aromatic N) is 1. The predicted molar refractivity (Wildman–Crippen MR) is 163 cm³/mol. The van der Waals surface area contributed by atoms with Crippen molar-refractivity contribution < 1.29 is 9.84 Å². The third-order valence-corrected chi connectivity index (χ3v) is 8.62. The predicted octanol–water partition coefficient (Wildman–Crippen LogP) is 6.66. The molecule has 0 aliphatic carbocycles. The van der Waals surface area contributed by atoms with Crippen molar-refractivity contribution in [1.29, 1.82) is 0 Å². The van der Waals surface area contributed by atoms with Gasteiger partial charge in [-0.1, -0.05) is 60.7 Å². The molecule has 1 aromatic heterocycles. The largest absolute Gasteiger partial charge is 0.507 e. The van der Waals surface area contributed by atoms with E-state index in [2.05, 4.69) is 76.7 Å². The lowest BCUT2D eigenvalue weighted by Gasteiger charge is -2.42. The van der Waals surface area contributed by atoms with Gasteiger partial charge in [0, 0.05) is 41.7 Å². The normalized spacial score (nSPS) is 20.6. The first-order chi connectivity index (χ1) is 18.1. The van der Waals surface area contributed by atoms with Crippen molar-refractivity contribution in [2.24, 2.45) is 11.7 Å². The molecule has 4 aromatic rings. The van der Waals surface area contributed by atoms with Crippen molar-refractivity contribution >= 4 is 35.7 Å². The smallest absolute Gasteiger partial charge is 0.122 e. The number of aromatic hydroxyl groups is 1. The highest BCUT2D eigenvalue weighted by molar-refractivity contribution is 5.85. The molecule has 1 saturated heterocycles. The molecule has 4 N–H and O–H groups in total. The fourth-order valence-electron chi connectivity index (χ4n) is 6.52. The second kappa shape index (κ2) is 12.8. The molecule has 3 heterocycles. The number of piperidine rings is 1. The Hall–Kier alpha value is -2.54. The number of phenols is 1. The molecule has 0 spiro atoms. The number of halogens is 2. The Labute approximate surface area is 243 Å². The van der Waals surface area contributed by atoms with Crippen LogP contribution in [0.4, 0.5) is 0 Å². The van der Waals surface area contributed by atoms with Crippen molar-refractivity contribution in [2.75, 3.05) is 19.6 Å². The number of aryl methyl sites for hydroxylation is 1. The van der Waals surface area contributed by atoms with Gasteiger partial charge in [-0.25, -0.2) is 0 Å². The summed E-state index contributed by atoms with van der Waals surface area (Å²) < 4.78 is 6.56. The number of nitrogens with one attached hydrogen (secondary N) is 1. The fourth-order valence-corrected chi connectivity index (χ4v) is 6.52. The second-order valence-corrected chi connectivity index (χ2v) is 10.8. The van der Waals surface area contributed by atoms with Crippen LogP contribution in [0.2, 0.25) is 0 Å². The second-order valence-electron chi connectivity index (χ2n) is 10.8. The van der Waals surface area contributed by atoms with Crippen LogP contribution < -0.4 is 5.73 Å². The van der Waals surface area contributed by atoms with Crippen molar-refractivity contribution in [3.05, 3.63) is 101 Å². The zero-order valence-corrected chi connectivity index (χ0v) is 24.0. The van der Waals surface area contributed by atoms with Gasteiger partial charge in [0.1, 0.15) is 5.75 Å². The minimum absolute atomic E-state index is 0. The van der Waals surface area contributed by atoms with Crippen LogP contribution in [0.3, 0.4) is 0 Å². The molecule has 39 heavy (non-hydrogen) atoms. The zero-order chi connectivity index (χ0) is 25.4. The maximum Gasteiger partial charge on any atom is 0.122 e. The molecule has 3 atom stereocenters. The third kappa shape index (κ3) is 5.84. The number of hydrogen-bond acceptors (Lipinski definition) is 4. The van der Waals surface area contributed by atoms with Crippen molar-refractivity contribution in [3.63, 3.8) is 0 Å². The molecule has 0 radical (unpaired) electrons. The van der Waals surface area contributed by atoms with Gasteiger partial charge in [0.2, 0.25) is 0 Å². The molecule has 1 fully saturated rings. The maximum atomic E-state index is 10.8. The van der Waals surface area contributed by atoms with Crippen molar-refractivity contribution in [3.8, 4) is 5.75 Å². The number of para-hydroxylation sites is 1. The van der Waals surface area contributed by atoms with Crippen LogP contribution in [0.5, 0.6) is 5.75 Å². The quantitative estimate of drug-likeness (QED) is 0.243. The van der Waals surface area contributed by atoms with Gasteiger partial charge in [0.15, 0.2) is 0 Å². The number of rotatable bonds is 6. The average Bonchev–Trinajstić information content (AvgIpc) is 3.38. The number of ether oxygens (including phenoxy) is 1. The fraction of sp³-hybridized carbons (Fsp3) is 0.375. The highest BCUT2D eigenvalue weighted by atomic mass is 35.5. The number of aromatic amines is 1. The number of H-pyrrole nitrogens is 1. The third-order valence-electron chi connectivity index (χ3n) is 8.62. The molecule has 0 amide bonds. The van der Waals surface area contributed by atoms with E-state index in [1.54, 1.807) is 0 Å². The molecule has 3 aromatic carbocycles. The van der Waals surface area contributed by atoms with Gasteiger partial charge in [-0.05, 0) is 73.5 Å². The summed E-state index contributed by atoms with van der Waals surface area (Å²) in [7, 11) is 0. The van der Waals surface area contributed by atoms with Gasteiger partial charge in [-0.15, -0.1) is 24.8 Å². The van der Waals surface area contributed by atoms with E-state index >= 15 is 0 Å². The maximum absolute atomic E-state index is 10.8. The Kier molecular flexibility index (Phi) is 9.63. The molecule has 6 rings (SSSR count). The van der Waals surface area contributed by atoms with Gasteiger partial charge >= 0.3 is 0 Å². The van der Waals surface area contributed by atoms with Crippen LogP contribution >= 0.6 is 24.8 Å². The van der Waals surface area contributed by atoms with Crippen LogP contribution in [0.15, 0.2) is 72.9 Å². The van der Waals surface area contributed by atoms with E-state index in [1.807, 2.05) is 13.0 Å². The Bertz CT molecular complexity index is 1370. The number of fused-ring (bicyclic) bond motifs is 2. The molecule has 2 aliphatic rings. The molecular weight excluding hydrogens is 529 g/mol. The summed E-state index contributed by atoms with van der Waals surface area (Å²) in [6.07, 6.45) is 6.08. The first-order valence-corrected chi connectivity index (χ1v) is 13.6. The van der Waals surface area contributed by atoms with E-state index in [0.717, 1.165) is 55.5 Å². The number of benzene rings is 3. The Balaban J connectivity index is 0.00000176. The number of nitrogens with two attached hydrogens (primary N) is 1. The number of phenolic OH excluding ortho intramolecular Hbond substituents is 1. The topological polar surface area (TPSA) is 74.5 Å². The van der Waals surface area contributed by atoms with Crippen LogP contribution in [0.1, 0.15) is 52.8 Å². The highest BCUT2D eigenvalue weighted by Crippen LogP contribution is 2.41. The van der Waals surface area contributed by atoms with Crippen LogP contribution in [-0.2, 0) is 17.6 Å². The summed E-state index contributed by atoms with van der Waals surface area (Å²) in [6.45, 7) is 4.46. The molecule has 7 heteroatoms. The summed E-state index contributed by atoms with van der Waals surface area (Å²) in [5, 5.41) is 12.1. The first kappa shape index (κ1) is 29.4. The van der Waals surface area contributed by atoms with Gasteiger partial charge in [0.05, 0.1) is 12.2 Å². The summed E-state index contributed by atoms with van der Waals surface area (Å²) in [4.78, 5) is 6.17. The molecule has 208 valence electrons. The van der Waals surface area contributed by atoms with Gasteiger partial charge in [-0.2, -0.15) is 0 Å². The van der Waals surface area contributed by atoms with E-state index in [4.69, 9.17) is 10.5 Å². The lowest BCUT2D eigenvalue weighted by molar-refractivity contribution is -0.0670. The number of hydrogen-bond donors (Lipinski definition) is 3. The molecule has 2 aliphatic heterocycles. The molecule has 1 unspecified atom stereocenters. The SMILES string of the molecule is Cc1ccc2c(c1O)C[C@@H](C1CCN(C(Cc3ccccc3)c3c[nH]c4ccccc34)CC1)O[C@H]2CN.Cl.Cl. The zero-order valence-electron chi connectivity index (χ0n) is 22.4. The summed E-state index contributed by atoms with van der Waals surface area (Å²) in [5.41, 5.74) is 13.1. The Morgan fingerprint density at radius 1 is 1.00 bits per heavy atom. The average molecular weight is 569 g/mol. The number of likely N-dealkylation sites (tertiary alicyclic amines) is 1. The van der Waals surface area contributed by atoms with Crippen molar-refractivity contribution in [1.82, 2.24) is 9.88 Å². The van der Waals surface area contributed by atoms with E-state index in [9.17, 15) is 5.11 Å². The summed E-state index contributed by atoms with van der Waals surface area (Å²) in [5.74, 6) is 0.877. The standard InChI is InChI=1S/C32H37N3O2.2ClH/c1-21-11-12-25-26(32(21)36)18-30(37-31(25)19-33)23-13-15-35(16-14-23)29(17-22-7-3-2-4-8-22)27-20-34-28-10-6-5-9-24(27)28;;/h2-12,20,23,29-31,34,36H,13-19,33H2,1H3;2*1H/t29?,30-,31-;;/m0../s1. The van der Waals surface area contributed by atoms with Gasteiger partial charge < -0.3 is 20.6 Å². The summed E-state index contributed by atoms with van der Waals surface area (Å²) >= 11 is 0. The molecule has 0 saturated carbocycles. The van der Waals surface area contributed by atoms with Crippen LogP contribution in [-0.4, -0.2) is 40.7 Å². The first-order valence-electron chi connectivity index (χ1n) is 13.6. The van der Waals surface area contributed by atoms with Gasteiger partial charge in [-0.3, -0.25) is 4.90 Å². The minimum Gasteiger partial charge on any atom is -0.507 e. The van der Waals surface area contributed by atoms with Gasteiger partial charge in [0.25, 0.3) is 0 Å². The minimum atomic E-state index is -0.143. The highest BCUT2D eigenvalue weighted by Gasteiger charge is 2.37. The molecular formula is C32H39Cl2N3O2.